The van der Waals surface area contributed by atoms with E-state index in [-0.39, 0.29) is 5.97 Å². The topological polar surface area (TPSA) is 61.5 Å². The number of anilines is 1. The third kappa shape index (κ3) is 3.46. The molecule has 0 heterocycles. The van der Waals surface area contributed by atoms with E-state index in [2.05, 4.69) is 0 Å². The Balaban J connectivity index is 2.66. The van der Waals surface area contributed by atoms with Gasteiger partial charge in [0.2, 0.25) is 0 Å². The molecular formula is C12H17NO3. The van der Waals surface area contributed by atoms with Gasteiger partial charge in [-0.15, -0.1) is 0 Å². The molecule has 0 aliphatic heterocycles. The number of carbonyl (C=O) groups is 1. The van der Waals surface area contributed by atoms with Gasteiger partial charge >= 0.3 is 5.97 Å². The summed E-state index contributed by atoms with van der Waals surface area (Å²) < 4.78 is 10.4. The number of rotatable bonds is 5. The minimum Gasteiger partial charge on any atom is -0.479 e. The molecule has 0 amide bonds. The van der Waals surface area contributed by atoms with Crippen molar-refractivity contribution in [3.05, 3.63) is 24.3 Å². The van der Waals surface area contributed by atoms with Crippen LogP contribution in [0.5, 0.6) is 5.75 Å². The quantitative estimate of drug-likeness (QED) is 0.612. The molecule has 0 fully saturated rings. The Kier molecular flexibility index (Phi) is 4.64. The van der Waals surface area contributed by atoms with Gasteiger partial charge in [-0.1, -0.05) is 13.0 Å². The second kappa shape index (κ2) is 6.00. The predicted molar refractivity (Wildman–Crippen MR) is 62.2 cm³/mol. The van der Waals surface area contributed by atoms with Crippen LogP contribution in [-0.2, 0) is 9.53 Å². The van der Waals surface area contributed by atoms with E-state index >= 15 is 0 Å². The molecule has 0 aliphatic rings. The molecule has 1 unspecified atom stereocenters. The van der Waals surface area contributed by atoms with Crippen LogP contribution in [0.2, 0.25) is 0 Å². The molecule has 4 heteroatoms. The zero-order valence-corrected chi connectivity index (χ0v) is 9.60. The summed E-state index contributed by atoms with van der Waals surface area (Å²) in [4.78, 5) is 11.5. The van der Waals surface area contributed by atoms with Gasteiger partial charge in [0, 0.05) is 11.8 Å². The fourth-order valence-corrected chi connectivity index (χ4v) is 1.29. The third-order valence-electron chi connectivity index (χ3n) is 2.06. The zero-order chi connectivity index (χ0) is 12.0. The van der Waals surface area contributed by atoms with Crippen molar-refractivity contribution in [3.63, 3.8) is 0 Å². The molecule has 1 rings (SSSR count). The van der Waals surface area contributed by atoms with Crippen LogP contribution in [0.15, 0.2) is 24.3 Å². The summed E-state index contributed by atoms with van der Waals surface area (Å²) in [7, 11) is 0. The average Bonchev–Trinajstić information content (AvgIpc) is 2.26. The maximum atomic E-state index is 11.5. The second-order valence-corrected chi connectivity index (χ2v) is 3.34. The maximum Gasteiger partial charge on any atom is 0.347 e. The molecule has 0 saturated heterocycles. The van der Waals surface area contributed by atoms with E-state index in [0.717, 1.165) is 0 Å². The lowest BCUT2D eigenvalue weighted by molar-refractivity contribution is -0.151. The minimum absolute atomic E-state index is 0.340. The highest BCUT2D eigenvalue weighted by Gasteiger charge is 2.19. The highest BCUT2D eigenvalue weighted by Crippen LogP contribution is 2.17. The van der Waals surface area contributed by atoms with E-state index in [0.29, 0.717) is 24.5 Å². The number of nitrogen functional groups attached to an aromatic ring is 1. The summed E-state index contributed by atoms with van der Waals surface area (Å²) in [6, 6.07) is 6.99. The summed E-state index contributed by atoms with van der Waals surface area (Å²) in [6.07, 6.45) is -0.00470. The Bertz CT molecular complexity index is 352. The van der Waals surface area contributed by atoms with Gasteiger partial charge in [-0.05, 0) is 25.5 Å². The fraction of sp³-hybridized carbons (Fsp3) is 0.417. The van der Waals surface area contributed by atoms with Crippen molar-refractivity contribution in [2.75, 3.05) is 12.3 Å². The Morgan fingerprint density at radius 1 is 1.44 bits per heavy atom. The van der Waals surface area contributed by atoms with Gasteiger partial charge < -0.3 is 15.2 Å². The highest BCUT2D eigenvalue weighted by atomic mass is 16.6. The summed E-state index contributed by atoms with van der Waals surface area (Å²) >= 11 is 0. The standard InChI is InChI=1S/C12H17NO3/c1-3-11(12(14)15-4-2)16-10-7-5-6-9(13)8-10/h5-8,11H,3-4,13H2,1-2H3. The van der Waals surface area contributed by atoms with Crippen molar-refractivity contribution >= 4 is 11.7 Å². The largest absolute Gasteiger partial charge is 0.479 e. The van der Waals surface area contributed by atoms with Crippen molar-refractivity contribution in [1.82, 2.24) is 0 Å². The molecule has 16 heavy (non-hydrogen) atoms. The molecule has 0 spiro atoms. The number of hydrogen-bond acceptors (Lipinski definition) is 4. The van der Waals surface area contributed by atoms with Crippen molar-refractivity contribution in [2.45, 2.75) is 26.4 Å². The first-order valence-corrected chi connectivity index (χ1v) is 5.36. The number of esters is 1. The lowest BCUT2D eigenvalue weighted by atomic mass is 10.2. The second-order valence-electron chi connectivity index (χ2n) is 3.34. The number of benzene rings is 1. The van der Waals surface area contributed by atoms with E-state index < -0.39 is 6.10 Å². The molecule has 1 aromatic carbocycles. The fourth-order valence-electron chi connectivity index (χ4n) is 1.29. The first-order chi connectivity index (χ1) is 7.67. The van der Waals surface area contributed by atoms with Gasteiger partial charge in [0.05, 0.1) is 6.61 Å². The van der Waals surface area contributed by atoms with Crippen LogP contribution in [0.25, 0.3) is 0 Å². The van der Waals surface area contributed by atoms with Gasteiger partial charge in [-0.25, -0.2) is 4.79 Å². The van der Waals surface area contributed by atoms with Gasteiger partial charge in [0.25, 0.3) is 0 Å². The Hall–Kier alpha value is -1.71. The molecular weight excluding hydrogens is 206 g/mol. The molecule has 2 N–H and O–H groups in total. The van der Waals surface area contributed by atoms with Crippen LogP contribution in [0.1, 0.15) is 20.3 Å². The van der Waals surface area contributed by atoms with Crippen LogP contribution >= 0.6 is 0 Å². The predicted octanol–water partition coefficient (Wildman–Crippen LogP) is 1.99. The van der Waals surface area contributed by atoms with Crippen LogP contribution in [-0.4, -0.2) is 18.7 Å². The molecule has 4 nitrogen and oxygen atoms in total. The summed E-state index contributed by atoms with van der Waals surface area (Å²) in [5.74, 6) is 0.243. The van der Waals surface area contributed by atoms with E-state index in [1.807, 2.05) is 6.92 Å². The van der Waals surface area contributed by atoms with Crippen LogP contribution in [0, 0.1) is 0 Å². The lowest BCUT2D eigenvalue weighted by Gasteiger charge is -2.16. The minimum atomic E-state index is -0.568. The van der Waals surface area contributed by atoms with Crippen LogP contribution in [0.4, 0.5) is 5.69 Å². The lowest BCUT2D eigenvalue weighted by Crippen LogP contribution is -2.28. The van der Waals surface area contributed by atoms with Crippen molar-refractivity contribution in [2.24, 2.45) is 0 Å². The average molecular weight is 223 g/mol. The molecule has 0 saturated carbocycles. The van der Waals surface area contributed by atoms with Gasteiger partial charge in [-0.2, -0.15) is 0 Å². The van der Waals surface area contributed by atoms with E-state index in [1.165, 1.54) is 0 Å². The number of hydrogen-bond donors (Lipinski definition) is 1. The molecule has 1 atom stereocenters. The molecule has 0 aromatic heterocycles. The monoisotopic (exact) mass is 223 g/mol. The van der Waals surface area contributed by atoms with Crippen molar-refractivity contribution in [1.29, 1.82) is 0 Å². The molecule has 0 radical (unpaired) electrons. The van der Waals surface area contributed by atoms with Gasteiger partial charge in [0.1, 0.15) is 5.75 Å². The van der Waals surface area contributed by atoms with Crippen LogP contribution < -0.4 is 10.5 Å². The smallest absolute Gasteiger partial charge is 0.347 e. The van der Waals surface area contributed by atoms with Gasteiger partial charge in [-0.3, -0.25) is 0 Å². The first kappa shape index (κ1) is 12.4. The number of carbonyl (C=O) groups excluding carboxylic acids is 1. The molecule has 88 valence electrons. The SMILES string of the molecule is CCOC(=O)C(CC)Oc1cccc(N)c1. The van der Waals surface area contributed by atoms with Gasteiger partial charge in [0.15, 0.2) is 6.10 Å². The Morgan fingerprint density at radius 2 is 2.19 bits per heavy atom. The molecule has 1 aromatic rings. The zero-order valence-electron chi connectivity index (χ0n) is 9.60. The summed E-state index contributed by atoms with van der Waals surface area (Å²) in [5.41, 5.74) is 6.22. The summed E-state index contributed by atoms with van der Waals surface area (Å²) in [6.45, 7) is 3.99. The van der Waals surface area contributed by atoms with E-state index in [4.69, 9.17) is 15.2 Å². The first-order valence-electron chi connectivity index (χ1n) is 5.36. The van der Waals surface area contributed by atoms with E-state index in [9.17, 15) is 4.79 Å². The molecule has 0 bridgehead atoms. The third-order valence-corrected chi connectivity index (χ3v) is 2.06. The van der Waals surface area contributed by atoms with Crippen molar-refractivity contribution in [3.8, 4) is 5.75 Å². The number of nitrogens with two attached hydrogens (primary N) is 1. The summed E-state index contributed by atoms with van der Waals surface area (Å²) in [5, 5.41) is 0. The Labute approximate surface area is 95.3 Å². The van der Waals surface area contributed by atoms with Crippen LogP contribution in [0.3, 0.4) is 0 Å². The normalized spacial score (nSPS) is 11.9. The Morgan fingerprint density at radius 3 is 2.75 bits per heavy atom. The van der Waals surface area contributed by atoms with E-state index in [1.54, 1.807) is 31.2 Å². The number of ether oxygens (including phenoxy) is 2. The van der Waals surface area contributed by atoms with Crippen molar-refractivity contribution < 1.29 is 14.3 Å². The molecule has 0 aliphatic carbocycles. The maximum absolute atomic E-state index is 11.5. The highest BCUT2D eigenvalue weighted by molar-refractivity contribution is 5.75.